The lowest BCUT2D eigenvalue weighted by Crippen LogP contribution is -2.12. The van der Waals surface area contributed by atoms with Crippen LogP contribution in [-0.4, -0.2) is 18.9 Å². The fourth-order valence-corrected chi connectivity index (χ4v) is 3.48. The molecule has 0 aliphatic rings. The van der Waals surface area contributed by atoms with Gasteiger partial charge in [-0.05, 0) is 61.5 Å². The van der Waals surface area contributed by atoms with Gasteiger partial charge < -0.3 is 15.4 Å². The third-order valence-corrected chi connectivity index (χ3v) is 4.85. The number of aryl methyl sites for hydroxylation is 1. The first kappa shape index (κ1) is 22.4. The van der Waals surface area contributed by atoms with E-state index in [1.54, 1.807) is 48.5 Å². The molecular formula is C24H20Cl2N2O3. The molecular weight excluding hydrogens is 435 g/mol. The maximum absolute atomic E-state index is 12.3. The molecule has 0 bridgehead atoms. The maximum Gasteiger partial charge on any atom is 0.255 e. The monoisotopic (exact) mass is 454 g/mol. The summed E-state index contributed by atoms with van der Waals surface area (Å²) in [5, 5.41) is 6.38. The summed E-state index contributed by atoms with van der Waals surface area (Å²) in [6, 6.07) is 17.4. The predicted molar refractivity (Wildman–Crippen MR) is 126 cm³/mol. The van der Waals surface area contributed by atoms with Crippen molar-refractivity contribution in [3.8, 4) is 5.75 Å². The molecule has 2 N–H and O–H groups in total. The summed E-state index contributed by atoms with van der Waals surface area (Å²) >= 11 is 12.1. The van der Waals surface area contributed by atoms with Gasteiger partial charge in [0.15, 0.2) is 0 Å². The van der Waals surface area contributed by atoms with Crippen molar-refractivity contribution in [3.05, 3.63) is 93.5 Å². The second-order valence-electron chi connectivity index (χ2n) is 6.73. The van der Waals surface area contributed by atoms with Crippen molar-refractivity contribution in [1.29, 1.82) is 0 Å². The minimum absolute atomic E-state index is 0.197. The quantitative estimate of drug-likeness (QED) is 0.434. The Balaban J connectivity index is 1.63. The molecule has 0 saturated carbocycles. The van der Waals surface area contributed by atoms with E-state index in [1.807, 2.05) is 25.1 Å². The second kappa shape index (κ2) is 10.2. The minimum atomic E-state index is -0.338. The molecule has 2 amide bonds. The fraction of sp³-hybridized carbons (Fsp3) is 0.0833. The standard InChI is InChI=1S/C24H20Cl2N2O3/c1-15-4-3-5-17(12-15)24(30)28-20-9-7-19(8-10-20)27-22(29)11-6-16-13-18(25)14-21(26)23(16)31-2/h3-14H,1-2H3,(H,27,29)(H,28,30). The topological polar surface area (TPSA) is 67.4 Å². The van der Waals surface area contributed by atoms with Gasteiger partial charge in [-0.25, -0.2) is 0 Å². The summed E-state index contributed by atoms with van der Waals surface area (Å²) in [6.07, 6.45) is 2.93. The Bertz CT molecular complexity index is 1140. The van der Waals surface area contributed by atoms with Crippen LogP contribution < -0.4 is 15.4 Å². The Morgan fingerprint density at radius 1 is 0.935 bits per heavy atom. The molecule has 0 saturated heterocycles. The molecule has 0 spiro atoms. The lowest BCUT2D eigenvalue weighted by atomic mass is 10.1. The number of benzene rings is 3. The van der Waals surface area contributed by atoms with E-state index in [-0.39, 0.29) is 11.8 Å². The van der Waals surface area contributed by atoms with Crippen molar-refractivity contribution >= 4 is 52.5 Å². The van der Waals surface area contributed by atoms with Crippen LogP contribution in [0.25, 0.3) is 6.08 Å². The van der Waals surface area contributed by atoms with Crippen LogP contribution in [-0.2, 0) is 4.79 Å². The zero-order valence-corrected chi connectivity index (χ0v) is 18.4. The number of halogens is 2. The van der Waals surface area contributed by atoms with Gasteiger partial charge in [0.25, 0.3) is 5.91 Å². The Labute approximate surface area is 190 Å². The van der Waals surface area contributed by atoms with Gasteiger partial charge in [-0.1, -0.05) is 40.9 Å². The van der Waals surface area contributed by atoms with Crippen LogP contribution in [0.1, 0.15) is 21.5 Å². The molecule has 0 aliphatic heterocycles. The van der Waals surface area contributed by atoms with Crippen molar-refractivity contribution in [1.82, 2.24) is 0 Å². The van der Waals surface area contributed by atoms with E-state index >= 15 is 0 Å². The molecule has 7 heteroatoms. The Hall–Kier alpha value is -3.28. The number of hydrogen-bond donors (Lipinski definition) is 2. The Kier molecular flexibility index (Phi) is 7.34. The first-order chi connectivity index (χ1) is 14.9. The van der Waals surface area contributed by atoms with Crippen LogP contribution >= 0.6 is 23.2 Å². The zero-order chi connectivity index (χ0) is 22.4. The van der Waals surface area contributed by atoms with Crippen molar-refractivity contribution in [3.63, 3.8) is 0 Å². The number of hydrogen-bond acceptors (Lipinski definition) is 3. The number of amides is 2. The van der Waals surface area contributed by atoms with Crippen LogP contribution in [0, 0.1) is 6.92 Å². The van der Waals surface area contributed by atoms with Gasteiger partial charge in [-0.2, -0.15) is 0 Å². The molecule has 3 aromatic rings. The fourth-order valence-electron chi connectivity index (χ4n) is 2.90. The SMILES string of the molecule is COc1c(Cl)cc(Cl)cc1C=CC(=O)Nc1ccc(NC(=O)c2cccc(C)c2)cc1. The van der Waals surface area contributed by atoms with Gasteiger partial charge in [0.2, 0.25) is 5.91 Å². The Morgan fingerprint density at radius 2 is 1.61 bits per heavy atom. The van der Waals surface area contributed by atoms with Crippen LogP contribution in [0.15, 0.2) is 66.7 Å². The van der Waals surface area contributed by atoms with E-state index in [4.69, 9.17) is 27.9 Å². The summed E-state index contributed by atoms with van der Waals surface area (Å²) < 4.78 is 5.26. The van der Waals surface area contributed by atoms with Gasteiger partial charge in [-0.3, -0.25) is 9.59 Å². The number of carbonyl (C=O) groups excluding carboxylic acids is 2. The number of anilines is 2. The number of rotatable bonds is 6. The molecule has 3 aromatic carbocycles. The van der Waals surface area contributed by atoms with E-state index in [0.717, 1.165) is 5.56 Å². The van der Waals surface area contributed by atoms with Crippen molar-refractivity contribution in [2.75, 3.05) is 17.7 Å². The lowest BCUT2D eigenvalue weighted by Gasteiger charge is -2.08. The third-order valence-electron chi connectivity index (χ3n) is 4.35. The first-order valence-electron chi connectivity index (χ1n) is 9.36. The largest absolute Gasteiger partial charge is 0.495 e. The van der Waals surface area contributed by atoms with Gasteiger partial charge >= 0.3 is 0 Å². The van der Waals surface area contributed by atoms with Crippen LogP contribution in [0.4, 0.5) is 11.4 Å². The number of ether oxygens (including phenoxy) is 1. The summed E-state index contributed by atoms with van der Waals surface area (Å²) in [5.74, 6) is -0.101. The van der Waals surface area contributed by atoms with Crippen LogP contribution in [0.2, 0.25) is 10.0 Å². The van der Waals surface area contributed by atoms with Crippen molar-refractivity contribution in [2.45, 2.75) is 6.92 Å². The average Bonchev–Trinajstić information content (AvgIpc) is 2.73. The summed E-state index contributed by atoms with van der Waals surface area (Å²) in [6.45, 7) is 1.93. The highest BCUT2D eigenvalue weighted by molar-refractivity contribution is 6.36. The minimum Gasteiger partial charge on any atom is -0.495 e. The van der Waals surface area contributed by atoms with Gasteiger partial charge in [-0.15, -0.1) is 0 Å². The number of nitrogens with one attached hydrogen (secondary N) is 2. The molecule has 0 aliphatic carbocycles. The van der Waals surface area contributed by atoms with Gasteiger partial charge in [0.05, 0.1) is 12.1 Å². The maximum atomic E-state index is 12.3. The van der Waals surface area contributed by atoms with Crippen LogP contribution in [0.3, 0.4) is 0 Å². The van der Waals surface area contributed by atoms with E-state index in [1.165, 1.54) is 13.2 Å². The zero-order valence-electron chi connectivity index (χ0n) is 16.9. The predicted octanol–water partition coefficient (Wildman–Crippen LogP) is 6.21. The summed E-state index contributed by atoms with van der Waals surface area (Å²) in [7, 11) is 1.49. The summed E-state index contributed by atoms with van der Waals surface area (Å²) in [5.41, 5.74) is 3.39. The third kappa shape index (κ3) is 6.10. The highest BCUT2D eigenvalue weighted by Gasteiger charge is 2.09. The van der Waals surface area contributed by atoms with Gasteiger partial charge in [0, 0.05) is 33.6 Å². The molecule has 0 aromatic heterocycles. The highest BCUT2D eigenvalue weighted by Crippen LogP contribution is 2.33. The van der Waals surface area contributed by atoms with Crippen molar-refractivity contribution in [2.24, 2.45) is 0 Å². The molecule has 31 heavy (non-hydrogen) atoms. The Morgan fingerprint density at radius 3 is 2.26 bits per heavy atom. The normalized spacial score (nSPS) is 10.7. The molecule has 158 valence electrons. The highest BCUT2D eigenvalue weighted by atomic mass is 35.5. The summed E-state index contributed by atoms with van der Waals surface area (Å²) in [4.78, 5) is 24.6. The molecule has 0 radical (unpaired) electrons. The van der Waals surface area contributed by atoms with Gasteiger partial charge in [0.1, 0.15) is 5.75 Å². The van der Waals surface area contributed by atoms with E-state index in [9.17, 15) is 9.59 Å². The number of methoxy groups -OCH3 is 1. The number of carbonyl (C=O) groups is 2. The second-order valence-corrected chi connectivity index (χ2v) is 7.58. The van der Waals surface area contributed by atoms with Crippen molar-refractivity contribution < 1.29 is 14.3 Å². The van der Waals surface area contributed by atoms with E-state index in [0.29, 0.717) is 38.3 Å². The average molecular weight is 455 g/mol. The molecule has 3 rings (SSSR count). The van der Waals surface area contributed by atoms with Crippen LogP contribution in [0.5, 0.6) is 5.75 Å². The van der Waals surface area contributed by atoms with E-state index < -0.39 is 0 Å². The molecule has 0 unspecified atom stereocenters. The molecule has 0 heterocycles. The molecule has 0 fully saturated rings. The molecule has 0 atom stereocenters. The molecule has 5 nitrogen and oxygen atoms in total. The first-order valence-corrected chi connectivity index (χ1v) is 10.1. The smallest absolute Gasteiger partial charge is 0.255 e. The lowest BCUT2D eigenvalue weighted by molar-refractivity contribution is -0.111. The van der Waals surface area contributed by atoms with E-state index in [2.05, 4.69) is 10.6 Å².